The van der Waals surface area contributed by atoms with Crippen LogP contribution in [-0.2, 0) is 10.0 Å². The first-order valence-corrected chi connectivity index (χ1v) is 8.21. The minimum atomic E-state index is -3.16. The Hall–Kier alpha value is -1.41. The van der Waals surface area contributed by atoms with Crippen molar-refractivity contribution in [2.24, 2.45) is 0 Å². The van der Waals surface area contributed by atoms with E-state index in [-0.39, 0.29) is 17.4 Å². The van der Waals surface area contributed by atoms with Crippen molar-refractivity contribution < 1.29 is 22.7 Å². The summed E-state index contributed by atoms with van der Waals surface area (Å²) in [6, 6.07) is 0. The average Bonchev–Trinajstić information content (AvgIpc) is 2.88. The molecule has 1 fully saturated rings. The summed E-state index contributed by atoms with van der Waals surface area (Å²) in [6.45, 7) is 2.69. The van der Waals surface area contributed by atoms with E-state index in [2.05, 4.69) is 4.98 Å². The van der Waals surface area contributed by atoms with Crippen LogP contribution in [0.2, 0.25) is 0 Å². The van der Waals surface area contributed by atoms with Crippen molar-refractivity contribution in [2.75, 3.05) is 18.8 Å². The number of carboxylic acids is 1. The lowest BCUT2D eigenvalue weighted by Crippen LogP contribution is -2.39. The highest BCUT2D eigenvalue weighted by Gasteiger charge is 2.30. The third-order valence-electron chi connectivity index (χ3n) is 3.39. The van der Waals surface area contributed by atoms with Crippen LogP contribution in [0.1, 0.15) is 48.5 Å². The van der Waals surface area contributed by atoms with E-state index in [4.69, 9.17) is 9.52 Å². The normalized spacial score (nSPS) is 18.2. The first kappa shape index (κ1) is 15.0. The van der Waals surface area contributed by atoms with Gasteiger partial charge in [0.15, 0.2) is 5.89 Å². The van der Waals surface area contributed by atoms with Crippen molar-refractivity contribution in [3.8, 4) is 0 Å². The van der Waals surface area contributed by atoms with Gasteiger partial charge in [0.05, 0.1) is 11.9 Å². The maximum Gasteiger partial charge on any atom is 0.373 e. The lowest BCUT2D eigenvalue weighted by atomic mass is 9.98. The van der Waals surface area contributed by atoms with E-state index in [1.807, 2.05) is 6.92 Å². The standard InChI is InChI=1S/C12H18N2O5S/c1-2-7-20(17,18)14-5-3-9(4-6-14)11-13-8-10(19-11)12(15)16/h8-9H,2-7H2,1H3,(H,15,16). The van der Waals surface area contributed by atoms with Gasteiger partial charge in [0, 0.05) is 19.0 Å². The van der Waals surface area contributed by atoms with Gasteiger partial charge in [-0.25, -0.2) is 22.5 Å². The number of rotatable bonds is 5. The Labute approximate surface area is 117 Å². The van der Waals surface area contributed by atoms with Crippen LogP contribution in [0.25, 0.3) is 0 Å². The SMILES string of the molecule is CCCS(=O)(=O)N1CCC(c2ncc(C(=O)O)o2)CC1. The maximum atomic E-state index is 11.9. The van der Waals surface area contributed by atoms with Crippen LogP contribution >= 0.6 is 0 Å². The van der Waals surface area contributed by atoms with Crippen molar-refractivity contribution in [2.45, 2.75) is 32.1 Å². The Morgan fingerprint density at radius 1 is 1.50 bits per heavy atom. The number of aromatic carboxylic acids is 1. The van der Waals surface area contributed by atoms with Gasteiger partial charge >= 0.3 is 5.97 Å². The third kappa shape index (κ3) is 3.18. The summed E-state index contributed by atoms with van der Waals surface area (Å²) in [5.74, 6) is -0.793. The van der Waals surface area contributed by atoms with E-state index in [0.29, 0.717) is 38.2 Å². The Bertz CT molecular complexity index is 572. The first-order chi connectivity index (χ1) is 9.44. The Morgan fingerprint density at radius 2 is 2.15 bits per heavy atom. The van der Waals surface area contributed by atoms with Gasteiger partial charge in [-0.3, -0.25) is 0 Å². The van der Waals surface area contributed by atoms with Gasteiger partial charge in [0.2, 0.25) is 15.8 Å². The topological polar surface area (TPSA) is 101 Å². The Kier molecular flexibility index (Phi) is 4.44. The van der Waals surface area contributed by atoms with Crippen LogP contribution in [-0.4, -0.2) is 47.6 Å². The molecule has 1 aromatic heterocycles. The van der Waals surface area contributed by atoms with Crippen molar-refractivity contribution in [3.05, 3.63) is 17.8 Å². The molecule has 1 N–H and O–H groups in total. The maximum absolute atomic E-state index is 11.9. The predicted molar refractivity (Wildman–Crippen MR) is 71.1 cm³/mol. The molecule has 112 valence electrons. The molecule has 2 rings (SSSR count). The molecule has 0 atom stereocenters. The molecule has 20 heavy (non-hydrogen) atoms. The molecule has 0 aromatic carbocycles. The quantitative estimate of drug-likeness (QED) is 0.879. The number of carbonyl (C=O) groups is 1. The lowest BCUT2D eigenvalue weighted by molar-refractivity contribution is 0.0659. The molecule has 2 heterocycles. The van der Waals surface area contributed by atoms with E-state index in [1.54, 1.807) is 0 Å². The molecular formula is C12H18N2O5S. The van der Waals surface area contributed by atoms with Crippen LogP contribution in [0.15, 0.2) is 10.6 Å². The Morgan fingerprint density at radius 3 is 2.65 bits per heavy atom. The number of hydrogen-bond acceptors (Lipinski definition) is 5. The number of aromatic nitrogens is 1. The second kappa shape index (κ2) is 5.92. The summed E-state index contributed by atoms with van der Waals surface area (Å²) >= 11 is 0. The van der Waals surface area contributed by atoms with E-state index < -0.39 is 16.0 Å². The summed E-state index contributed by atoms with van der Waals surface area (Å²) in [5.41, 5.74) is 0. The largest absolute Gasteiger partial charge is 0.475 e. The fourth-order valence-electron chi connectivity index (χ4n) is 2.34. The molecule has 0 amide bonds. The van der Waals surface area contributed by atoms with Gasteiger partial charge < -0.3 is 9.52 Å². The number of oxazole rings is 1. The molecule has 1 aromatic rings. The lowest BCUT2D eigenvalue weighted by Gasteiger charge is -2.29. The zero-order chi connectivity index (χ0) is 14.8. The highest BCUT2D eigenvalue weighted by molar-refractivity contribution is 7.89. The van der Waals surface area contributed by atoms with Gasteiger partial charge in [-0.05, 0) is 19.3 Å². The number of hydrogen-bond donors (Lipinski definition) is 1. The van der Waals surface area contributed by atoms with Crippen molar-refractivity contribution in [3.63, 3.8) is 0 Å². The smallest absolute Gasteiger partial charge is 0.373 e. The number of carboxylic acid groups (broad SMARTS) is 1. The fraction of sp³-hybridized carbons (Fsp3) is 0.667. The van der Waals surface area contributed by atoms with Gasteiger partial charge in [0.1, 0.15) is 0 Å². The van der Waals surface area contributed by atoms with Crippen LogP contribution in [0.5, 0.6) is 0 Å². The first-order valence-electron chi connectivity index (χ1n) is 6.61. The van der Waals surface area contributed by atoms with E-state index in [1.165, 1.54) is 10.5 Å². The van der Waals surface area contributed by atoms with Gasteiger partial charge in [-0.15, -0.1) is 0 Å². The van der Waals surface area contributed by atoms with Crippen LogP contribution in [0.4, 0.5) is 0 Å². The van der Waals surface area contributed by atoms with Crippen molar-refractivity contribution in [1.82, 2.24) is 9.29 Å². The molecule has 0 spiro atoms. The van der Waals surface area contributed by atoms with E-state index >= 15 is 0 Å². The van der Waals surface area contributed by atoms with Gasteiger partial charge in [-0.1, -0.05) is 6.92 Å². The van der Waals surface area contributed by atoms with Crippen LogP contribution in [0.3, 0.4) is 0 Å². The molecule has 0 radical (unpaired) electrons. The molecule has 0 saturated carbocycles. The summed E-state index contributed by atoms with van der Waals surface area (Å²) in [4.78, 5) is 14.7. The molecule has 8 heteroatoms. The van der Waals surface area contributed by atoms with Gasteiger partial charge in [-0.2, -0.15) is 0 Å². The molecule has 0 aliphatic carbocycles. The van der Waals surface area contributed by atoms with Crippen LogP contribution in [0, 0.1) is 0 Å². The molecule has 0 unspecified atom stereocenters. The van der Waals surface area contributed by atoms with Crippen LogP contribution < -0.4 is 0 Å². The Balaban J connectivity index is 1.98. The monoisotopic (exact) mass is 302 g/mol. The number of sulfonamides is 1. The highest BCUT2D eigenvalue weighted by atomic mass is 32.2. The molecule has 1 saturated heterocycles. The second-order valence-electron chi connectivity index (χ2n) is 4.86. The minimum Gasteiger partial charge on any atom is -0.475 e. The summed E-state index contributed by atoms with van der Waals surface area (Å²) in [5, 5.41) is 8.78. The highest BCUT2D eigenvalue weighted by Crippen LogP contribution is 2.29. The van der Waals surface area contributed by atoms with Crippen molar-refractivity contribution >= 4 is 16.0 Å². The van der Waals surface area contributed by atoms with Crippen molar-refractivity contribution in [1.29, 1.82) is 0 Å². The zero-order valence-corrected chi connectivity index (χ0v) is 12.1. The number of nitrogens with zero attached hydrogens (tertiary/aromatic N) is 2. The average molecular weight is 302 g/mol. The molecular weight excluding hydrogens is 284 g/mol. The number of piperidine rings is 1. The molecule has 1 aliphatic heterocycles. The van der Waals surface area contributed by atoms with E-state index in [0.717, 1.165) is 0 Å². The van der Waals surface area contributed by atoms with E-state index in [9.17, 15) is 13.2 Å². The molecule has 0 bridgehead atoms. The summed E-state index contributed by atoms with van der Waals surface area (Å²) in [6.07, 6.45) is 2.99. The second-order valence-corrected chi connectivity index (χ2v) is 6.95. The van der Waals surface area contributed by atoms with Gasteiger partial charge in [0.25, 0.3) is 0 Å². The zero-order valence-electron chi connectivity index (χ0n) is 11.3. The molecule has 1 aliphatic rings. The predicted octanol–water partition coefficient (Wildman–Crippen LogP) is 1.29. The molecule has 7 nitrogen and oxygen atoms in total. The summed E-state index contributed by atoms with van der Waals surface area (Å²) in [7, 11) is -3.16. The summed E-state index contributed by atoms with van der Waals surface area (Å²) < 4.78 is 30.5. The third-order valence-corrected chi connectivity index (χ3v) is 5.47. The fourth-order valence-corrected chi connectivity index (χ4v) is 3.88. The minimum absolute atomic E-state index is 0.0174.